The number of aromatic nitrogens is 1. The smallest absolute Gasteiger partial charge is 0.241 e. The van der Waals surface area contributed by atoms with Crippen molar-refractivity contribution in [2.75, 3.05) is 12.3 Å². The number of benzene rings is 1. The zero-order chi connectivity index (χ0) is 11.5. The molecule has 0 bridgehead atoms. The van der Waals surface area contributed by atoms with Crippen LogP contribution in [0.5, 0.6) is 5.75 Å². The van der Waals surface area contributed by atoms with Gasteiger partial charge in [-0.25, -0.2) is 0 Å². The number of halogens is 1. The molecule has 0 radical (unpaired) electrons. The fourth-order valence-corrected chi connectivity index (χ4v) is 1.52. The number of nitrogens with two attached hydrogens (primary N) is 1. The molecule has 0 atom stereocenters. The highest BCUT2D eigenvalue weighted by molar-refractivity contribution is 6.35. The highest BCUT2D eigenvalue weighted by atomic mass is 35.5. The quantitative estimate of drug-likeness (QED) is 0.893. The van der Waals surface area contributed by atoms with Gasteiger partial charge in [-0.15, -0.1) is 0 Å². The Morgan fingerprint density at radius 1 is 1.38 bits per heavy atom. The van der Waals surface area contributed by atoms with E-state index in [-0.39, 0.29) is 5.88 Å². The van der Waals surface area contributed by atoms with Gasteiger partial charge in [-0.05, 0) is 31.2 Å². The molecule has 0 spiro atoms. The van der Waals surface area contributed by atoms with Gasteiger partial charge in [-0.1, -0.05) is 16.8 Å². The van der Waals surface area contributed by atoms with Gasteiger partial charge in [0.2, 0.25) is 5.88 Å². The Balaban J connectivity index is 2.31. The maximum absolute atomic E-state index is 5.93. The second kappa shape index (κ2) is 4.45. The number of nitrogens with zero attached hydrogens (tertiary/aromatic N) is 1. The Labute approximate surface area is 97.9 Å². The van der Waals surface area contributed by atoms with Gasteiger partial charge in [0.1, 0.15) is 16.5 Å². The molecule has 5 heteroatoms. The Morgan fingerprint density at radius 2 is 2.06 bits per heavy atom. The van der Waals surface area contributed by atoms with Crippen LogP contribution >= 0.6 is 11.6 Å². The fraction of sp³-hybridized carbons (Fsp3) is 0.182. The summed E-state index contributed by atoms with van der Waals surface area (Å²) < 4.78 is 10.1. The topological polar surface area (TPSA) is 61.3 Å². The summed E-state index contributed by atoms with van der Waals surface area (Å²) in [6, 6.07) is 7.41. The number of anilines is 1. The molecule has 0 saturated carbocycles. The van der Waals surface area contributed by atoms with Crippen molar-refractivity contribution in [2.45, 2.75) is 6.92 Å². The molecule has 84 valence electrons. The minimum atomic E-state index is 0.130. The molecule has 2 aromatic rings. The molecule has 1 aromatic heterocycles. The van der Waals surface area contributed by atoms with Crippen molar-refractivity contribution >= 4 is 17.5 Å². The number of hydrogen-bond acceptors (Lipinski definition) is 4. The Kier molecular flexibility index (Phi) is 3.01. The number of ether oxygens (including phenoxy) is 1. The van der Waals surface area contributed by atoms with Crippen LogP contribution in [0.1, 0.15) is 6.92 Å². The van der Waals surface area contributed by atoms with Gasteiger partial charge < -0.3 is 15.0 Å². The average molecular weight is 239 g/mol. The molecular formula is C11H11ClN2O2. The van der Waals surface area contributed by atoms with Gasteiger partial charge in [0.15, 0.2) is 0 Å². The molecule has 2 rings (SSSR count). The fourth-order valence-electron chi connectivity index (χ4n) is 1.35. The number of hydrogen-bond donors (Lipinski definition) is 1. The van der Waals surface area contributed by atoms with Crippen LogP contribution in [0.3, 0.4) is 0 Å². The van der Waals surface area contributed by atoms with Crippen molar-refractivity contribution in [1.82, 2.24) is 5.16 Å². The van der Waals surface area contributed by atoms with Crippen LogP contribution in [0.15, 0.2) is 28.8 Å². The van der Waals surface area contributed by atoms with Crippen molar-refractivity contribution in [3.63, 3.8) is 0 Å². The van der Waals surface area contributed by atoms with E-state index in [0.717, 1.165) is 11.3 Å². The summed E-state index contributed by atoms with van der Waals surface area (Å²) in [7, 11) is 0. The maximum Gasteiger partial charge on any atom is 0.241 e. The molecule has 1 aromatic carbocycles. The summed E-state index contributed by atoms with van der Waals surface area (Å²) in [5.41, 5.74) is 6.86. The molecule has 2 N–H and O–H groups in total. The number of nitrogen functional groups attached to an aromatic ring is 1. The molecule has 1 heterocycles. The highest BCUT2D eigenvalue weighted by Gasteiger charge is 2.12. The van der Waals surface area contributed by atoms with Crippen LogP contribution in [0.2, 0.25) is 5.02 Å². The maximum atomic E-state index is 5.93. The van der Waals surface area contributed by atoms with Crippen LogP contribution in [-0.2, 0) is 0 Å². The SMILES string of the molecule is CCOc1ccc(-c2noc(N)c2Cl)cc1. The van der Waals surface area contributed by atoms with E-state index in [9.17, 15) is 0 Å². The van der Waals surface area contributed by atoms with Crippen LogP contribution in [0.4, 0.5) is 5.88 Å². The molecule has 0 amide bonds. The van der Waals surface area contributed by atoms with Crippen molar-refractivity contribution < 1.29 is 9.26 Å². The predicted octanol–water partition coefficient (Wildman–Crippen LogP) is 2.98. The van der Waals surface area contributed by atoms with Crippen molar-refractivity contribution in [3.8, 4) is 17.0 Å². The van der Waals surface area contributed by atoms with Gasteiger partial charge in [-0.3, -0.25) is 0 Å². The first-order valence-corrected chi connectivity index (χ1v) is 5.24. The zero-order valence-corrected chi connectivity index (χ0v) is 9.49. The molecule has 0 aliphatic heterocycles. The van der Waals surface area contributed by atoms with Gasteiger partial charge in [-0.2, -0.15) is 0 Å². The lowest BCUT2D eigenvalue weighted by atomic mass is 10.1. The third-order valence-corrected chi connectivity index (χ3v) is 2.46. The van der Waals surface area contributed by atoms with E-state index in [0.29, 0.717) is 17.3 Å². The Hall–Kier alpha value is -1.68. The van der Waals surface area contributed by atoms with E-state index < -0.39 is 0 Å². The van der Waals surface area contributed by atoms with E-state index in [1.165, 1.54) is 0 Å². The van der Waals surface area contributed by atoms with Crippen LogP contribution < -0.4 is 10.5 Å². The molecule has 0 fully saturated rings. The Bertz CT molecular complexity index is 479. The second-order valence-corrected chi connectivity index (χ2v) is 3.54. The largest absolute Gasteiger partial charge is 0.494 e. The van der Waals surface area contributed by atoms with E-state index in [1.807, 2.05) is 31.2 Å². The lowest BCUT2D eigenvalue weighted by Crippen LogP contribution is -1.90. The first-order chi connectivity index (χ1) is 7.72. The van der Waals surface area contributed by atoms with E-state index in [1.54, 1.807) is 0 Å². The van der Waals surface area contributed by atoms with Crippen molar-refractivity contribution in [2.24, 2.45) is 0 Å². The average Bonchev–Trinajstić information content (AvgIpc) is 2.62. The molecule has 0 saturated heterocycles. The lowest BCUT2D eigenvalue weighted by molar-refractivity contribution is 0.340. The normalized spacial score (nSPS) is 10.4. The van der Waals surface area contributed by atoms with Crippen molar-refractivity contribution in [1.29, 1.82) is 0 Å². The number of rotatable bonds is 3. The molecule has 16 heavy (non-hydrogen) atoms. The predicted molar refractivity (Wildman–Crippen MR) is 62.5 cm³/mol. The Morgan fingerprint density at radius 3 is 2.56 bits per heavy atom. The molecule has 0 unspecified atom stereocenters. The minimum Gasteiger partial charge on any atom is -0.494 e. The molecule has 4 nitrogen and oxygen atoms in total. The van der Waals surface area contributed by atoms with Crippen molar-refractivity contribution in [3.05, 3.63) is 29.3 Å². The highest BCUT2D eigenvalue weighted by Crippen LogP contribution is 2.32. The molecule has 0 aliphatic carbocycles. The minimum absolute atomic E-state index is 0.130. The summed E-state index contributed by atoms with van der Waals surface area (Å²) in [5, 5.41) is 4.13. The third-order valence-electron chi connectivity index (χ3n) is 2.10. The zero-order valence-electron chi connectivity index (χ0n) is 8.74. The lowest BCUT2D eigenvalue weighted by Gasteiger charge is -2.02. The second-order valence-electron chi connectivity index (χ2n) is 3.17. The van der Waals surface area contributed by atoms with E-state index in [2.05, 4.69) is 5.16 Å². The van der Waals surface area contributed by atoms with Gasteiger partial charge in [0.05, 0.1) is 6.61 Å². The summed E-state index contributed by atoms with van der Waals surface area (Å²) >= 11 is 5.93. The molecule has 0 aliphatic rings. The van der Waals surface area contributed by atoms with E-state index >= 15 is 0 Å². The first-order valence-electron chi connectivity index (χ1n) is 4.86. The molecular weight excluding hydrogens is 228 g/mol. The van der Waals surface area contributed by atoms with Gasteiger partial charge in [0, 0.05) is 5.56 Å². The van der Waals surface area contributed by atoms with Gasteiger partial charge in [0.25, 0.3) is 0 Å². The van der Waals surface area contributed by atoms with Crippen LogP contribution in [0.25, 0.3) is 11.3 Å². The van der Waals surface area contributed by atoms with E-state index in [4.69, 9.17) is 26.6 Å². The first kappa shape index (κ1) is 10.8. The summed E-state index contributed by atoms with van der Waals surface area (Å²) in [4.78, 5) is 0. The standard InChI is InChI=1S/C11H11ClN2O2/c1-2-15-8-5-3-7(4-6-8)10-9(12)11(13)16-14-10/h3-6H,2,13H2,1H3. The summed E-state index contributed by atoms with van der Waals surface area (Å²) in [6.45, 7) is 2.57. The summed E-state index contributed by atoms with van der Waals surface area (Å²) in [6.07, 6.45) is 0. The van der Waals surface area contributed by atoms with Gasteiger partial charge >= 0.3 is 0 Å². The third kappa shape index (κ3) is 1.97. The van der Waals surface area contributed by atoms with Crippen LogP contribution in [-0.4, -0.2) is 11.8 Å². The van der Waals surface area contributed by atoms with Crippen LogP contribution in [0, 0.1) is 0 Å². The summed E-state index contributed by atoms with van der Waals surface area (Å²) in [5.74, 6) is 0.935. The monoisotopic (exact) mass is 238 g/mol.